The molecule has 2 heteroatoms. The average Bonchev–Trinajstić information content (AvgIpc) is 2.24. The summed E-state index contributed by atoms with van der Waals surface area (Å²) in [7, 11) is 0. The van der Waals surface area contributed by atoms with Crippen LogP contribution >= 0.6 is 0 Å². The van der Waals surface area contributed by atoms with E-state index in [1.807, 2.05) is 38.1 Å². The van der Waals surface area contributed by atoms with Gasteiger partial charge in [0, 0.05) is 5.56 Å². The van der Waals surface area contributed by atoms with E-state index in [0.29, 0.717) is 0 Å². The van der Waals surface area contributed by atoms with Gasteiger partial charge in [0.2, 0.25) is 0 Å². The molecule has 0 spiro atoms. The lowest BCUT2D eigenvalue weighted by Crippen LogP contribution is -2.29. The Balaban J connectivity index is 2.67. The van der Waals surface area contributed by atoms with Gasteiger partial charge in [0.15, 0.2) is 0 Å². The Kier molecular flexibility index (Phi) is 4.39. The molecule has 86 valence electrons. The van der Waals surface area contributed by atoms with Gasteiger partial charge >= 0.3 is 0 Å². The minimum atomic E-state index is -0.447. The fraction of sp³-hybridized carbons (Fsp3) is 0.429. The highest BCUT2D eigenvalue weighted by Crippen LogP contribution is 2.11. The Morgan fingerprint density at radius 3 is 2.38 bits per heavy atom. The third-order valence-corrected chi connectivity index (χ3v) is 1.86. The van der Waals surface area contributed by atoms with Crippen LogP contribution in [0.15, 0.2) is 24.3 Å². The molecule has 16 heavy (non-hydrogen) atoms. The molecule has 1 rings (SSSR count). The number of hydrogen-bond donors (Lipinski definition) is 1. The second-order valence-electron chi connectivity index (χ2n) is 4.34. The van der Waals surface area contributed by atoms with Crippen molar-refractivity contribution in [3.8, 4) is 17.6 Å². The van der Waals surface area contributed by atoms with Gasteiger partial charge in [0.25, 0.3) is 0 Å². The Morgan fingerprint density at radius 1 is 1.25 bits per heavy atom. The van der Waals surface area contributed by atoms with E-state index in [-0.39, 0.29) is 0 Å². The van der Waals surface area contributed by atoms with Gasteiger partial charge in [0.05, 0.1) is 12.1 Å². The van der Waals surface area contributed by atoms with Crippen molar-refractivity contribution in [3.63, 3.8) is 0 Å². The van der Waals surface area contributed by atoms with Crippen molar-refractivity contribution < 1.29 is 4.74 Å². The molecule has 0 radical (unpaired) electrons. The summed E-state index contributed by atoms with van der Waals surface area (Å²) in [5, 5.41) is 0. The SMILES string of the molecule is CCCOc1ccc(C#CC(C)(C)N)cc1. The zero-order chi connectivity index (χ0) is 12.0. The Morgan fingerprint density at radius 2 is 1.88 bits per heavy atom. The van der Waals surface area contributed by atoms with Crippen LogP contribution in [0.4, 0.5) is 0 Å². The van der Waals surface area contributed by atoms with Crippen LogP contribution in [0.2, 0.25) is 0 Å². The maximum Gasteiger partial charge on any atom is 0.119 e. The molecular formula is C14H19NO. The normalized spacial score (nSPS) is 10.5. The summed E-state index contributed by atoms with van der Waals surface area (Å²) in [4.78, 5) is 0. The molecule has 1 aromatic rings. The maximum atomic E-state index is 5.78. The van der Waals surface area contributed by atoms with Crippen LogP contribution in [-0.2, 0) is 0 Å². The van der Waals surface area contributed by atoms with E-state index >= 15 is 0 Å². The second kappa shape index (κ2) is 5.58. The van der Waals surface area contributed by atoms with Crippen LogP contribution in [0.3, 0.4) is 0 Å². The highest BCUT2D eigenvalue weighted by Gasteiger charge is 2.03. The van der Waals surface area contributed by atoms with E-state index < -0.39 is 5.54 Å². The summed E-state index contributed by atoms with van der Waals surface area (Å²) in [5.74, 6) is 6.91. The summed E-state index contributed by atoms with van der Waals surface area (Å²) < 4.78 is 5.48. The van der Waals surface area contributed by atoms with Crippen molar-refractivity contribution in [1.29, 1.82) is 0 Å². The predicted octanol–water partition coefficient (Wildman–Crippen LogP) is 2.56. The molecule has 0 bridgehead atoms. The number of rotatable bonds is 3. The molecule has 0 aliphatic carbocycles. The summed E-state index contributed by atoms with van der Waals surface area (Å²) >= 11 is 0. The molecule has 0 fully saturated rings. The van der Waals surface area contributed by atoms with E-state index in [2.05, 4.69) is 18.8 Å². The van der Waals surface area contributed by atoms with Crippen LogP contribution in [-0.4, -0.2) is 12.1 Å². The van der Waals surface area contributed by atoms with Gasteiger partial charge in [-0.15, -0.1) is 0 Å². The number of nitrogens with two attached hydrogens (primary N) is 1. The van der Waals surface area contributed by atoms with Crippen LogP contribution in [0, 0.1) is 11.8 Å². The lowest BCUT2D eigenvalue weighted by Gasteiger charge is -2.07. The smallest absolute Gasteiger partial charge is 0.119 e. The van der Waals surface area contributed by atoms with Crippen molar-refractivity contribution >= 4 is 0 Å². The quantitative estimate of drug-likeness (QED) is 0.790. The molecule has 0 aromatic heterocycles. The minimum Gasteiger partial charge on any atom is -0.494 e. The lowest BCUT2D eigenvalue weighted by molar-refractivity contribution is 0.317. The largest absolute Gasteiger partial charge is 0.494 e. The van der Waals surface area contributed by atoms with E-state index in [0.717, 1.165) is 24.3 Å². The first-order valence-corrected chi connectivity index (χ1v) is 5.56. The van der Waals surface area contributed by atoms with Crippen LogP contribution < -0.4 is 10.5 Å². The van der Waals surface area contributed by atoms with Crippen molar-refractivity contribution in [3.05, 3.63) is 29.8 Å². The summed E-state index contributed by atoms with van der Waals surface area (Å²) in [6.45, 7) is 6.61. The molecule has 0 saturated heterocycles. The van der Waals surface area contributed by atoms with Crippen molar-refractivity contribution in [2.45, 2.75) is 32.7 Å². The zero-order valence-electron chi connectivity index (χ0n) is 10.2. The third-order valence-electron chi connectivity index (χ3n) is 1.86. The van der Waals surface area contributed by atoms with E-state index in [1.165, 1.54) is 0 Å². The highest BCUT2D eigenvalue weighted by molar-refractivity contribution is 5.39. The molecule has 0 aliphatic rings. The summed E-state index contributed by atoms with van der Waals surface area (Å²) in [5.41, 5.74) is 6.29. The first-order chi connectivity index (χ1) is 7.51. The van der Waals surface area contributed by atoms with Crippen molar-refractivity contribution in [2.75, 3.05) is 6.61 Å². The molecule has 2 N–H and O–H groups in total. The van der Waals surface area contributed by atoms with Gasteiger partial charge in [-0.1, -0.05) is 18.8 Å². The highest BCUT2D eigenvalue weighted by atomic mass is 16.5. The van der Waals surface area contributed by atoms with E-state index in [1.54, 1.807) is 0 Å². The van der Waals surface area contributed by atoms with Gasteiger partial charge in [-0.2, -0.15) is 0 Å². The second-order valence-corrected chi connectivity index (χ2v) is 4.34. The average molecular weight is 217 g/mol. The fourth-order valence-electron chi connectivity index (χ4n) is 1.09. The molecule has 0 unspecified atom stereocenters. The fourth-order valence-corrected chi connectivity index (χ4v) is 1.09. The number of hydrogen-bond acceptors (Lipinski definition) is 2. The van der Waals surface area contributed by atoms with Crippen LogP contribution in [0.1, 0.15) is 32.8 Å². The standard InChI is InChI=1S/C14H19NO/c1-4-11-16-13-7-5-12(6-8-13)9-10-14(2,3)15/h5-8H,4,11,15H2,1-3H3. The predicted molar refractivity (Wildman–Crippen MR) is 67.4 cm³/mol. The molecule has 0 amide bonds. The molecule has 2 nitrogen and oxygen atoms in total. The van der Waals surface area contributed by atoms with Gasteiger partial charge < -0.3 is 10.5 Å². The summed E-state index contributed by atoms with van der Waals surface area (Å²) in [6.07, 6.45) is 1.02. The zero-order valence-corrected chi connectivity index (χ0v) is 10.2. The van der Waals surface area contributed by atoms with Gasteiger partial charge in [-0.25, -0.2) is 0 Å². The Bertz CT molecular complexity index is 376. The molecule has 0 heterocycles. The third kappa shape index (κ3) is 4.86. The Labute approximate surface area is 97.8 Å². The number of ether oxygens (including phenoxy) is 1. The Hall–Kier alpha value is -1.46. The summed E-state index contributed by atoms with van der Waals surface area (Å²) in [6, 6.07) is 7.76. The minimum absolute atomic E-state index is 0.447. The van der Waals surface area contributed by atoms with Gasteiger partial charge in [-0.05, 0) is 44.5 Å². The van der Waals surface area contributed by atoms with E-state index in [4.69, 9.17) is 10.5 Å². The molecular weight excluding hydrogens is 198 g/mol. The van der Waals surface area contributed by atoms with Crippen molar-refractivity contribution in [2.24, 2.45) is 5.73 Å². The molecule has 0 saturated carbocycles. The maximum absolute atomic E-state index is 5.78. The lowest BCUT2D eigenvalue weighted by atomic mass is 10.1. The number of benzene rings is 1. The first kappa shape index (κ1) is 12.6. The van der Waals surface area contributed by atoms with E-state index in [9.17, 15) is 0 Å². The molecule has 1 aromatic carbocycles. The van der Waals surface area contributed by atoms with Gasteiger partial charge in [-0.3, -0.25) is 0 Å². The van der Waals surface area contributed by atoms with Gasteiger partial charge in [0.1, 0.15) is 5.75 Å². The van der Waals surface area contributed by atoms with Crippen molar-refractivity contribution in [1.82, 2.24) is 0 Å². The topological polar surface area (TPSA) is 35.2 Å². The molecule has 0 atom stereocenters. The molecule has 0 aliphatic heterocycles. The van der Waals surface area contributed by atoms with Crippen LogP contribution in [0.5, 0.6) is 5.75 Å². The monoisotopic (exact) mass is 217 g/mol. The first-order valence-electron chi connectivity index (χ1n) is 5.56. The van der Waals surface area contributed by atoms with Crippen LogP contribution in [0.25, 0.3) is 0 Å².